The lowest BCUT2D eigenvalue weighted by Crippen LogP contribution is -2.57. The smallest absolute Gasteiger partial charge is 0.150 e. The largest absolute Gasteiger partial charge is 0.299 e. The van der Waals surface area contributed by atoms with Crippen molar-refractivity contribution in [2.45, 2.75) is 37.6 Å². The van der Waals surface area contributed by atoms with Crippen LogP contribution in [-0.4, -0.2) is 52.5 Å². The molecular formula is C15H20Cl2N4. The first-order chi connectivity index (χ1) is 10.2. The Morgan fingerprint density at radius 3 is 2.05 bits per heavy atom. The van der Waals surface area contributed by atoms with Crippen molar-refractivity contribution in [1.82, 2.24) is 19.8 Å². The van der Waals surface area contributed by atoms with Crippen LogP contribution in [0.15, 0.2) is 0 Å². The van der Waals surface area contributed by atoms with Gasteiger partial charge >= 0.3 is 0 Å². The number of hydrogen-bond donors (Lipinski definition) is 0. The maximum atomic E-state index is 6.47. The summed E-state index contributed by atoms with van der Waals surface area (Å²) in [7, 11) is 0. The molecule has 1 aromatic rings. The van der Waals surface area contributed by atoms with E-state index in [1.807, 2.05) is 0 Å². The second-order valence-corrected chi connectivity index (χ2v) is 7.13. The Kier molecular flexibility index (Phi) is 3.82. The van der Waals surface area contributed by atoms with Crippen molar-refractivity contribution in [3.63, 3.8) is 0 Å². The zero-order chi connectivity index (χ0) is 14.4. The summed E-state index contributed by atoms with van der Waals surface area (Å²) in [4.78, 5) is 14.2. The van der Waals surface area contributed by atoms with Gasteiger partial charge in [0.2, 0.25) is 0 Å². The van der Waals surface area contributed by atoms with E-state index in [-0.39, 0.29) is 6.04 Å². The Morgan fingerprint density at radius 1 is 0.905 bits per heavy atom. The number of aromatic nitrogens is 2. The van der Waals surface area contributed by atoms with E-state index in [0.717, 1.165) is 57.0 Å². The molecule has 0 aromatic carbocycles. The maximum Gasteiger partial charge on any atom is 0.150 e. The van der Waals surface area contributed by atoms with Crippen LogP contribution in [0.2, 0.25) is 10.3 Å². The van der Waals surface area contributed by atoms with Crippen molar-refractivity contribution >= 4 is 23.2 Å². The van der Waals surface area contributed by atoms with E-state index in [2.05, 4.69) is 19.8 Å². The molecule has 4 fully saturated rings. The van der Waals surface area contributed by atoms with Crippen LogP contribution in [0.3, 0.4) is 0 Å². The minimum atomic E-state index is 0.250. The first-order valence-electron chi connectivity index (χ1n) is 7.91. The van der Waals surface area contributed by atoms with Gasteiger partial charge in [0, 0.05) is 38.3 Å². The van der Waals surface area contributed by atoms with Gasteiger partial charge in [-0.2, -0.15) is 0 Å². The Balaban J connectivity index is 1.65. The van der Waals surface area contributed by atoms with Gasteiger partial charge in [-0.25, -0.2) is 9.97 Å². The monoisotopic (exact) mass is 326 g/mol. The van der Waals surface area contributed by atoms with Gasteiger partial charge in [0.15, 0.2) is 0 Å². The van der Waals surface area contributed by atoms with Crippen LogP contribution in [0, 0.1) is 0 Å². The number of fused-ring (bicyclic) bond motifs is 3. The number of hydrogen-bond acceptors (Lipinski definition) is 4. The summed E-state index contributed by atoms with van der Waals surface area (Å²) in [6.45, 7) is 5.48. The van der Waals surface area contributed by atoms with Gasteiger partial charge in [-0.3, -0.25) is 9.80 Å². The Bertz CT molecular complexity index is 513. The molecule has 3 aliphatic heterocycles. The van der Waals surface area contributed by atoms with Crippen LogP contribution < -0.4 is 0 Å². The van der Waals surface area contributed by atoms with Crippen molar-refractivity contribution in [1.29, 1.82) is 0 Å². The highest BCUT2D eigenvalue weighted by molar-refractivity contribution is 6.34. The molecule has 1 unspecified atom stereocenters. The lowest BCUT2D eigenvalue weighted by atomic mass is 10.0. The number of halogens is 2. The fourth-order valence-electron chi connectivity index (χ4n) is 3.99. The van der Waals surface area contributed by atoms with Crippen molar-refractivity contribution < 1.29 is 0 Å². The minimum absolute atomic E-state index is 0.250. The average molecular weight is 327 g/mol. The Morgan fingerprint density at radius 2 is 1.52 bits per heavy atom. The first-order valence-corrected chi connectivity index (χ1v) is 8.67. The predicted octanol–water partition coefficient (Wildman–Crippen LogP) is 3.11. The second kappa shape index (κ2) is 5.65. The third-order valence-electron chi connectivity index (χ3n) is 5.21. The van der Waals surface area contributed by atoms with Gasteiger partial charge in [-0.05, 0) is 18.8 Å². The van der Waals surface area contributed by atoms with Crippen molar-refractivity contribution in [3.8, 4) is 0 Å². The lowest BCUT2D eigenvalue weighted by Gasteiger charge is -2.46. The molecule has 1 atom stereocenters. The molecule has 4 heterocycles. The van der Waals surface area contributed by atoms with Gasteiger partial charge in [0.25, 0.3) is 0 Å². The van der Waals surface area contributed by atoms with Crippen LogP contribution in [0.25, 0.3) is 0 Å². The molecule has 4 nitrogen and oxygen atoms in total. The van der Waals surface area contributed by atoms with E-state index in [4.69, 9.17) is 23.2 Å². The average Bonchev–Trinajstić information content (AvgIpc) is 3.01. The summed E-state index contributed by atoms with van der Waals surface area (Å²) in [6, 6.07) is 0.250. The van der Waals surface area contributed by atoms with E-state index in [0.29, 0.717) is 16.2 Å². The molecule has 1 aliphatic carbocycles. The van der Waals surface area contributed by atoms with Crippen LogP contribution in [0.4, 0.5) is 0 Å². The fraction of sp³-hybridized carbons (Fsp3) is 0.733. The third-order valence-corrected chi connectivity index (χ3v) is 5.79. The van der Waals surface area contributed by atoms with Crippen LogP contribution >= 0.6 is 23.2 Å². The summed E-state index contributed by atoms with van der Waals surface area (Å²) in [5.41, 5.74) is 0.982. The fourth-order valence-corrected chi connectivity index (χ4v) is 4.70. The van der Waals surface area contributed by atoms with Gasteiger partial charge in [-0.1, -0.05) is 36.0 Å². The second-order valence-electron chi connectivity index (χ2n) is 6.41. The molecule has 114 valence electrons. The quantitative estimate of drug-likeness (QED) is 0.782. The molecule has 3 saturated heterocycles. The standard InChI is InChI=1S/C15H20Cl2N4/c16-13-12(10-3-1-2-4-10)14(17)19-15(18-13)11-9-20-5-7-21(11)8-6-20/h10-11H,1-9H2. The van der Waals surface area contributed by atoms with Crippen LogP contribution in [-0.2, 0) is 0 Å². The van der Waals surface area contributed by atoms with Gasteiger partial charge < -0.3 is 0 Å². The molecule has 1 aromatic heterocycles. The highest BCUT2D eigenvalue weighted by Crippen LogP contribution is 2.40. The van der Waals surface area contributed by atoms with E-state index < -0.39 is 0 Å². The number of piperazine rings is 3. The maximum absolute atomic E-state index is 6.47. The van der Waals surface area contributed by atoms with E-state index in [1.54, 1.807) is 0 Å². The minimum Gasteiger partial charge on any atom is -0.299 e. The molecule has 0 spiro atoms. The highest BCUT2D eigenvalue weighted by Gasteiger charge is 2.35. The van der Waals surface area contributed by atoms with E-state index in [1.165, 1.54) is 12.8 Å². The molecule has 0 radical (unpaired) electrons. The Hall–Kier alpha value is -0.420. The summed E-state index contributed by atoms with van der Waals surface area (Å²) >= 11 is 12.9. The molecule has 5 rings (SSSR count). The molecule has 21 heavy (non-hydrogen) atoms. The Labute approximate surface area is 135 Å². The highest BCUT2D eigenvalue weighted by atomic mass is 35.5. The summed E-state index contributed by atoms with van der Waals surface area (Å²) in [5.74, 6) is 1.25. The lowest BCUT2D eigenvalue weighted by molar-refractivity contribution is 0.00863. The summed E-state index contributed by atoms with van der Waals surface area (Å²) in [6.07, 6.45) is 4.83. The molecule has 0 amide bonds. The predicted molar refractivity (Wildman–Crippen MR) is 84.0 cm³/mol. The SMILES string of the molecule is Clc1nc(C2CN3CCN2CC3)nc(Cl)c1C1CCCC1. The zero-order valence-corrected chi connectivity index (χ0v) is 13.6. The molecule has 2 bridgehead atoms. The summed E-state index contributed by atoms with van der Waals surface area (Å²) in [5, 5.41) is 1.16. The normalized spacial score (nSPS) is 32.8. The molecule has 0 N–H and O–H groups in total. The van der Waals surface area contributed by atoms with Crippen LogP contribution in [0.5, 0.6) is 0 Å². The van der Waals surface area contributed by atoms with Gasteiger partial charge in [0.05, 0.1) is 6.04 Å². The van der Waals surface area contributed by atoms with Crippen molar-refractivity contribution in [2.75, 3.05) is 32.7 Å². The first kappa shape index (κ1) is 14.2. The third kappa shape index (κ3) is 2.56. The van der Waals surface area contributed by atoms with Crippen molar-refractivity contribution in [2.24, 2.45) is 0 Å². The van der Waals surface area contributed by atoms with E-state index in [9.17, 15) is 0 Å². The van der Waals surface area contributed by atoms with E-state index >= 15 is 0 Å². The zero-order valence-electron chi connectivity index (χ0n) is 12.1. The van der Waals surface area contributed by atoms with Crippen LogP contribution in [0.1, 0.15) is 49.0 Å². The summed E-state index contributed by atoms with van der Waals surface area (Å²) < 4.78 is 0. The molecular weight excluding hydrogens is 307 g/mol. The molecule has 4 aliphatic rings. The van der Waals surface area contributed by atoms with Gasteiger partial charge in [0.1, 0.15) is 16.1 Å². The van der Waals surface area contributed by atoms with Gasteiger partial charge in [-0.15, -0.1) is 0 Å². The molecule has 1 saturated carbocycles. The van der Waals surface area contributed by atoms with Crippen molar-refractivity contribution in [3.05, 3.63) is 21.7 Å². The molecule has 6 heteroatoms. The number of rotatable bonds is 2. The topological polar surface area (TPSA) is 32.3 Å². The number of nitrogens with zero attached hydrogens (tertiary/aromatic N) is 4.